The molecule has 1 rings (SSSR count). The molecule has 0 bridgehead atoms. The molecule has 1 N–H and O–H groups in total. The highest BCUT2D eigenvalue weighted by atomic mass is 19.3. The first-order chi connectivity index (χ1) is 7.15. The highest BCUT2D eigenvalue weighted by Crippen LogP contribution is 2.19. The topological polar surface area (TPSA) is 29.1 Å². The summed E-state index contributed by atoms with van der Waals surface area (Å²) in [6, 6.07) is 6.81. The lowest BCUT2D eigenvalue weighted by Crippen LogP contribution is -2.31. The number of nitrogens with one attached hydrogen (secondary N) is 1. The highest BCUT2D eigenvalue weighted by Gasteiger charge is 2.22. The molecule has 0 fully saturated rings. The van der Waals surface area contributed by atoms with Gasteiger partial charge in [-0.05, 0) is 11.6 Å². The van der Waals surface area contributed by atoms with Crippen LogP contribution in [0.25, 0.3) is 0 Å². The summed E-state index contributed by atoms with van der Waals surface area (Å²) in [4.78, 5) is 10.9. The van der Waals surface area contributed by atoms with Crippen molar-refractivity contribution in [3.05, 3.63) is 48.6 Å². The molecule has 0 aromatic heterocycles. The van der Waals surface area contributed by atoms with Crippen LogP contribution in [0, 0.1) is 0 Å². The number of hydrogen-bond donors (Lipinski definition) is 1. The van der Waals surface area contributed by atoms with E-state index in [0.717, 1.165) is 6.08 Å². The third-order valence-corrected chi connectivity index (χ3v) is 1.89. The summed E-state index contributed by atoms with van der Waals surface area (Å²) in [5.41, 5.74) is 0.378. The minimum atomic E-state index is -2.64. The molecule has 0 spiro atoms. The quantitative estimate of drug-likeness (QED) is 0.760. The Kier molecular flexibility index (Phi) is 3.97. The van der Waals surface area contributed by atoms with E-state index in [0.29, 0.717) is 5.56 Å². The number of carbonyl (C=O) groups is 1. The second-order valence-corrected chi connectivity index (χ2v) is 2.94. The van der Waals surface area contributed by atoms with Crippen LogP contribution in [0.5, 0.6) is 0 Å². The Labute approximate surface area is 86.6 Å². The van der Waals surface area contributed by atoms with Crippen LogP contribution in [-0.4, -0.2) is 12.3 Å². The third-order valence-electron chi connectivity index (χ3n) is 1.89. The van der Waals surface area contributed by atoms with Gasteiger partial charge in [0.15, 0.2) is 0 Å². The summed E-state index contributed by atoms with van der Waals surface area (Å²) in [5.74, 6) is -0.607. The first-order valence-corrected chi connectivity index (χ1v) is 4.41. The van der Waals surface area contributed by atoms with Gasteiger partial charge in [-0.15, -0.1) is 0 Å². The molecule has 1 aromatic rings. The number of hydrogen-bond acceptors (Lipinski definition) is 1. The van der Waals surface area contributed by atoms with Gasteiger partial charge in [-0.2, -0.15) is 0 Å². The van der Waals surface area contributed by atoms with Crippen molar-refractivity contribution < 1.29 is 13.6 Å². The van der Waals surface area contributed by atoms with Crippen LogP contribution >= 0.6 is 0 Å². The lowest BCUT2D eigenvalue weighted by Gasteiger charge is -2.17. The van der Waals surface area contributed by atoms with Crippen LogP contribution in [-0.2, 0) is 4.79 Å². The molecule has 4 heteroatoms. The average molecular weight is 211 g/mol. The zero-order valence-corrected chi connectivity index (χ0v) is 7.99. The molecule has 0 saturated heterocycles. The third kappa shape index (κ3) is 3.16. The molecule has 0 heterocycles. The van der Waals surface area contributed by atoms with Gasteiger partial charge in [-0.1, -0.05) is 36.9 Å². The van der Waals surface area contributed by atoms with Crippen LogP contribution in [0.4, 0.5) is 8.78 Å². The van der Waals surface area contributed by atoms with Gasteiger partial charge in [-0.3, -0.25) is 4.79 Å². The van der Waals surface area contributed by atoms with E-state index in [-0.39, 0.29) is 0 Å². The fourth-order valence-electron chi connectivity index (χ4n) is 1.16. The molecular formula is C11H11F2NO. The van der Waals surface area contributed by atoms with Gasteiger partial charge in [0.1, 0.15) is 6.04 Å². The Morgan fingerprint density at radius 3 is 2.40 bits per heavy atom. The lowest BCUT2D eigenvalue weighted by molar-refractivity contribution is -0.118. The van der Waals surface area contributed by atoms with Crippen molar-refractivity contribution in [1.29, 1.82) is 0 Å². The smallest absolute Gasteiger partial charge is 0.262 e. The lowest BCUT2D eigenvalue weighted by atomic mass is 10.1. The molecular weight excluding hydrogens is 200 g/mol. The fraction of sp³-hybridized carbons (Fsp3) is 0.182. The van der Waals surface area contributed by atoms with Crippen molar-refractivity contribution in [3.63, 3.8) is 0 Å². The van der Waals surface area contributed by atoms with E-state index < -0.39 is 18.4 Å². The zero-order chi connectivity index (χ0) is 11.3. The van der Waals surface area contributed by atoms with Crippen molar-refractivity contribution in [1.82, 2.24) is 5.32 Å². The zero-order valence-electron chi connectivity index (χ0n) is 7.99. The molecule has 0 radical (unpaired) electrons. The normalized spacial score (nSPS) is 12.2. The van der Waals surface area contributed by atoms with Crippen LogP contribution < -0.4 is 5.32 Å². The van der Waals surface area contributed by atoms with Crippen LogP contribution in [0.2, 0.25) is 0 Å². The van der Waals surface area contributed by atoms with Gasteiger partial charge in [0.25, 0.3) is 6.43 Å². The van der Waals surface area contributed by atoms with E-state index in [1.807, 2.05) is 0 Å². The summed E-state index contributed by atoms with van der Waals surface area (Å²) in [6.45, 7) is 3.21. The molecule has 1 aromatic carbocycles. The Balaban J connectivity index is 2.84. The second kappa shape index (κ2) is 5.24. The van der Waals surface area contributed by atoms with Crippen molar-refractivity contribution in [3.8, 4) is 0 Å². The minimum absolute atomic E-state index is 0.378. The number of rotatable bonds is 4. The van der Waals surface area contributed by atoms with Gasteiger partial charge in [0.2, 0.25) is 5.91 Å². The summed E-state index contributed by atoms with van der Waals surface area (Å²) in [5, 5.41) is 2.18. The van der Waals surface area contributed by atoms with Gasteiger partial charge in [-0.25, -0.2) is 8.78 Å². The van der Waals surface area contributed by atoms with Crippen LogP contribution in [0.15, 0.2) is 43.0 Å². The maximum absolute atomic E-state index is 12.6. The molecule has 80 valence electrons. The molecule has 15 heavy (non-hydrogen) atoms. The first-order valence-electron chi connectivity index (χ1n) is 4.41. The van der Waals surface area contributed by atoms with Crippen molar-refractivity contribution >= 4 is 5.91 Å². The van der Waals surface area contributed by atoms with Crippen molar-refractivity contribution in [2.45, 2.75) is 12.5 Å². The number of amides is 1. The van der Waals surface area contributed by atoms with E-state index in [4.69, 9.17) is 0 Å². The minimum Gasteiger partial charge on any atom is -0.340 e. The molecule has 0 aliphatic rings. The van der Waals surface area contributed by atoms with Crippen molar-refractivity contribution in [2.75, 3.05) is 0 Å². The van der Waals surface area contributed by atoms with E-state index in [1.54, 1.807) is 30.3 Å². The first kappa shape index (κ1) is 11.4. The maximum atomic E-state index is 12.6. The van der Waals surface area contributed by atoms with Crippen LogP contribution in [0.1, 0.15) is 11.6 Å². The molecule has 2 nitrogen and oxygen atoms in total. The Morgan fingerprint density at radius 2 is 1.93 bits per heavy atom. The number of alkyl halides is 2. The predicted molar refractivity (Wildman–Crippen MR) is 53.5 cm³/mol. The predicted octanol–water partition coefficient (Wildman–Crippen LogP) is 2.29. The SMILES string of the molecule is C=CC(=O)N[C@H](c1ccccc1)C(F)F. The molecule has 0 aliphatic heterocycles. The molecule has 0 saturated carbocycles. The fourth-order valence-corrected chi connectivity index (χ4v) is 1.16. The summed E-state index contributed by atoms with van der Waals surface area (Å²) < 4.78 is 25.3. The largest absolute Gasteiger partial charge is 0.340 e. The maximum Gasteiger partial charge on any atom is 0.262 e. The monoisotopic (exact) mass is 211 g/mol. The van der Waals surface area contributed by atoms with E-state index in [2.05, 4.69) is 11.9 Å². The molecule has 1 amide bonds. The Bertz CT molecular complexity index is 338. The Hall–Kier alpha value is -1.71. The number of carbonyl (C=O) groups excluding carboxylic acids is 1. The standard InChI is InChI=1S/C11H11F2NO/c1-2-9(15)14-10(11(12)13)8-6-4-3-5-7-8/h2-7,10-11H,1H2,(H,14,15)/t10-/m1/s1. The Morgan fingerprint density at radius 1 is 1.33 bits per heavy atom. The summed E-state index contributed by atoms with van der Waals surface area (Å²) >= 11 is 0. The van der Waals surface area contributed by atoms with Gasteiger partial charge < -0.3 is 5.32 Å². The molecule has 1 atom stereocenters. The highest BCUT2D eigenvalue weighted by molar-refractivity contribution is 5.87. The number of halogens is 2. The molecule has 0 unspecified atom stereocenters. The van der Waals surface area contributed by atoms with Gasteiger partial charge in [0, 0.05) is 0 Å². The van der Waals surface area contributed by atoms with Gasteiger partial charge >= 0.3 is 0 Å². The van der Waals surface area contributed by atoms with Gasteiger partial charge in [0.05, 0.1) is 0 Å². The molecule has 0 aliphatic carbocycles. The summed E-state index contributed by atoms with van der Waals surface area (Å²) in [6.07, 6.45) is -1.67. The summed E-state index contributed by atoms with van der Waals surface area (Å²) in [7, 11) is 0. The van der Waals surface area contributed by atoms with E-state index >= 15 is 0 Å². The van der Waals surface area contributed by atoms with E-state index in [1.165, 1.54) is 0 Å². The average Bonchev–Trinajstić information content (AvgIpc) is 2.26. The number of benzene rings is 1. The van der Waals surface area contributed by atoms with E-state index in [9.17, 15) is 13.6 Å². The van der Waals surface area contributed by atoms with Crippen LogP contribution in [0.3, 0.4) is 0 Å². The second-order valence-electron chi connectivity index (χ2n) is 2.94. The van der Waals surface area contributed by atoms with Crippen molar-refractivity contribution in [2.24, 2.45) is 0 Å².